The zero-order valence-corrected chi connectivity index (χ0v) is 10.5. The van der Waals surface area contributed by atoms with Gasteiger partial charge in [-0.2, -0.15) is 0 Å². The van der Waals surface area contributed by atoms with E-state index in [4.69, 9.17) is 11.2 Å². The maximum atomic E-state index is 9.39. The Hall–Kier alpha value is -2.60. The largest absolute Gasteiger partial charge is 0.508 e. The third-order valence-corrected chi connectivity index (χ3v) is 2.61. The second-order valence-electron chi connectivity index (χ2n) is 4.00. The minimum atomic E-state index is 0.238. The Kier molecular flexibility index (Phi) is 4.30. The van der Waals surface area contributed by atoms with Gasteiger partial charge in [0.25, 0.3) is 0 Å². The summed E-state index contributed by atoms with van der Waals surface area (Å²) in [5.74, 6) is 3.46. The number of phenolic OH excluding ortho intramolecular Hbond substituents is 1. The quantitative estimate of drug-likeness (QED) is 0.805. The van der Waals surface area contributed by atoms with Crippen LogP contribution >= 0.6 is 0 Å². The van der Waals surface area contributed by atoms with Gasteiger partial charge in [0.1, 0.15) is 18.1 Å². The van der Waals surface area contributed by atoms with Gasteiger partial charge in [0.05, 0.1) is 0 Å². The second-order valence-corrected chi connectivity index (χ2v) is 4.00. The topological polar surface area (TPSA) is 41.5 Å². The van der Waals surface area contributed by atoms with Gasteiger partial charge in [-0.25, -0.2) is 0 Å². The Morgan fingerprint density at radius 2 is 2.00 bits per heavy atom. The van der Waals surface area contributed by atoms with Crippen LogP contribution in [-0.4, -0.2) is 11.7 Å². The van der Waals surface area contributed by atoms with Gasteiger partial charge in [0, 0.05) is 23.9 Å². The van der Waals surface area contributed by atoms with Crippen LogP contribution in [0.4, 0.5) is 5.69 Å². The monoisotopic (exact) mass is 253 g/mol. The summed E-state index contributed by atoms with van der Waals surface area (Å²) in [4.78, 5) is 0. The van der Waals surface area contributed by atoms with Crippen LogP contribution < -0.4 is 10.1 Å². The van der Waals surface area contributed by atoms with Crippen LogP contribution in [0.1, 0.15) is 5.56 Å². The van der Waals surface area contributed by atoms with Crippen molar-refractivity contribution in [2.45, 2.75) is 6.54 Å². The smallest absolute Gasteiger partial charge is 0.148 e. The molecule has 19 heavy (non-hydrogen) atoms. The summed E-state index contributed by atoms with van der Waals surface area (Å²) in [6.07, 6.45) is 5.19. The van der Waals surface area contributed by atoms with E-state index in [1.54, 1.807) is 18.2 Å². The molecule has 2 aromatic rings. The molecule has 2 N–H and O–H groups in total. The molecule has 0 atom stereocenters. The summed E-state index contributed by atoms with van der Waals surface area (Å²) in [7, 11) is 0. The van der Waals surface area contributed by atoms with Gasteiger partial charge in [0.2, 0.25) is 0 Å². The van der Waals surface area contributed by atoms with E-state index in [0.717, 1.165) is 17.0 Å². The maximum Gasteiger partial charge on any atom is 0.148 e. The highest BCUT2D eigenvalue weighted by Gasteiger charge is 2.02. The molecule has 0 aliphatic heterocycles. The van der Waals surface area contributed by atoms with Crippen molar-refractivity contribution in [1.82, 2.24) is 0 Å². The van der Waals surface area contributed by atoms with Crippen molar-refractivity contribution in [2.75, 3.05) is 11.9 Å². The number of para-hydroxylation sites is 1. The minimum absolute atomic E-state index is 0.238. The van der Waals surface area contributed by atoms with E-state index in [1.165, 1.54) is 0 Å². The predicted molar refractivity (Wildman–Crippen MR) is 76.2 cm³/mol. The Bertz CT molecular complexity index is 587. The molecule has 3 heteroatoms. The van der Waals surface area contributed by atoms with E-state index < -0.39 is 0 Å². The summed E-state index contributed by atoms with van der Waals surface area (Å²) < 4.78 is 5.47. The van der Waals surface area contributed by atoms with E-state index in [-0.39, 0.29) is 12.4 Å². The van der Waals surface area contributed by atoms with Gasteiger partial charge >= 0.3 is 0 Å². The molecular weight excluding hydrogens is 238 g/mol. The van der Waals surface area contributed by atoms with Crippen LogP contribution in [-0.2, 0) is 6.54 Å². The third kappa shape index (κ3) is 3.68. The molecule has 0 heterocycles. The van der Waals surface area contributed by atoms with Crippen LogP contribution in [0.15, 0.2) is 48.5 Å². The molecule has 0 amide bonds. The predicted octanol–water partition coefficient (Wildman–Crippen LogP) is 3.02. The van der Waals surface area contributed by atoms with Crippen molar-refractivity contribution in [3.8, 4) is 23.8 Å². The minimum Gasteiger partial charge on any atom is -0.508 e. The van der Waals surface area contributed by atoms with Crippen LogP contribution in [0.3, 0.4) is 0 Å². The number of ether oxygens (including phenoxy) is 1. The fourth-order valence-electron chi connectivity index (χ4n) is 1.72. The maximum absolute atomic E-state index is 9.39. The lowest BCUT2D eigenvalue weighted by molar-refractivity contribution is 0.366. The van der Waals surface area contributed by atoms with Crippen molar-refractivity contribution in [1.29, 1.82) is 0 Å². The van der Waals surface area contributed by atoms with Gasteiger partial charge < -0.3 is 15.2 Å². The first-order valence-corrected chi connectivity index (χ1v) is 5.96. The first-order valence-electron chi connectivity index (χ1n) is 5.96. The Morgan fingerprint density at radius 3 is 2.79 bits per heavy atom. The van der Waals surface area contributed by atoms with E-state index in [1.807, 2.05) is 30.3 Å². The van der Waals surface area contributed by atoms with Crippen LogP contribution in [0, 0.1) is 12.3 Å². The summed E-state index contributed by atoms with van der Waals surface area (Å²) in [6.45, 7) is 0.855. The zero-order chi connectivity index (χ0) is 13.5. The molecule has 0 aliphatic rings. The molecular formula is C16H15NO2. The standard InChI is InChI=1S/C16H15NO2/c1-2-10-19-16-9-4-3-6-13(16)12-17-14-7-5-8-15(18)11-14/h1,3-9,11,17-18H,10,12H2. The normalized spacial score (nSPS) is 9.63. The van der Waals surface area contributed by atoms with E-state index >= 15 is 0 Å². The van der Waals surface area contributed by atoms with Gasteiger partial charge in [-0.15, -0.1) is 6.42 Å². The Labute approximate surface area is 112 Å². The summed E-state index contributed by atoms with van der Waals surface area (Å²) in [6, 6.07) is 14.7. The second kappa shape index (κ2) is 6.36. The molecule has 0 unspecified atom stereocenters. The highest BCUT2D eigenvalue weighted by Crippen LogP contribution is 2.21. The number of aromatic hydroxyl groups is 1. The highest BCUT2D eigenvalue weighted by molar-refractivity contribution is 5.49. The average Bonchev–Trinajstić information content (AvgIpc) is 2.44. The molecule has 0 saturated heterocycles. The van der Waals surface area contributed by atoms with Crippen molar-refractivity contribution < 1.29 is 9.84 Å². The summed E-state index contributed by atoms with van der Waals surface area (Å²) in [5, 5.41) is 12.6. The van der Waals surface area contributed by atoms with Crippen molar-refractivity contribution in [3.05, 3.63) is 54.1 Å². The molecule has 2 rings (SSSR count). The molecule has 3 nitrogen and oxygen atoms in total. The Balaban J connectivity index is 2.05. The highest BCUT2D eigenvalue weighted by atomic mass is 16.5. The zero-order valence-electron chi connectivity index (χ0n) is 10.5. The van der Waals surface area contributed by atoms with Crippen molar-refractivity contribution in [3.63, 3.8) is 0 Å². The average molecular weight is 253 g/mol. The number of hydrogen-bond donors (Lipinski definition) is 2. The van der Waals surface area contributed by atoms with Gasteiger partial charge in [-0.3, -0.25) is 0 Å². The van der Waals surface area contributed by atoms with Gasteiger partial charge in [-0.05, 0) is 18.2 Å². The lowest BCUT2D eigenvalue weighted by Gasteiger charge is -2.11. The molecule has 0 radical (unpaired) electrons. The summed E-state index contributed by atoms with van der Waals surface area (Å²) in [5.41, 5.74) is 1.87. The van der Waals surface area contributed by atoms with Crippen LogP contribution in [0.5, 0.6) is 11.5 Å². The Morgan fingerprint density at radius 1 is 1.16 bits per heavy atom. The number of benzene rings is 2. The number of phenols is 1. The molecule has 0 aromatic heterocycles. The summed E-state index contributed by atoms with van der Waals surface area (Å²) >= 11 is 0. The lowest BCUT2D eigenvalue weighted by Crippen LogP contribution is -2.03. The number of rotatable bonds is 5. The van der Waals surface area contributed by atoms with Gasteiger partial charge in [0.15, 0.2) is 0 Å². The van der Waals surface area contributed by atoms with E-state index in [2.05, 4.69) is 11.2 Å². The molecule has 2 aromatic carbocycles. The molecule has 0 bridgehead atoms. The first kappa shape index (κ1) is 12.8. The molecule has 0 aliphatic carbocycles. The van der Waals surface area contributed by atoms with E-state index in [9.17, 15) is 5.11 Å². The van der Waals surface area contributed by atoms with Crippen LogP contribution in [0.2, 0.25) is 0 Å². The fraction of sp³-hybridized carbons (Fsp3) is 0.125. The molecule has 0 spiro atoms. The van der Waals surface area contributed by atoms with Crippen LogP contribution in [0.25, 0.3) is 0 Å². The first-order chi connectivity index (χ1) is 9.29. The fourth-order valence-corrected chi connectivity index (χ4v) is 1.72. The number of terminal acetylenes is 1. The molecule has 0 saturated carbocycles. The number of hydrogen-bond acceptors (Lipinski definition) is 3. The third-order valence-electron chi connectivity index (χ3n) is 2.61. The molecule has 96 valence electrons. The van der Waals surface area contributed by atoms with Gasteiger partial charge in [-0.1, -0.05) is 30.2 Å². The van der Waals surface area contributed by atoms with Crippen molar-refractivity contribution >= 4 is 5.69 Å². The SMILES string of the molecule is C#CCOc1ccccc1CNc1cccc(O)c1. The molecule has 0 fully saturated rings. The van der Waals surface area contributed by atoms with E-state index in [0.29, 0.717) is 6.54 Å². The lowest BCUT2D eigenvalue weighted by atomic mass is 10.2. The number of anilines is 1. The number of nitrogens with one attached hydrogen (secondary N) is 1. The van der Waals surface area contributed by atoms with Crippen molar-refractivity contribution in [2.24, 2.45) is 0 Å².